The number of pyridine rings is 1. The van der Waals surface area contributed by atoms with Gasteiger partial charge in [0, 0.05) is 36.5 Å². The summed E-state index contributed by atoms with van der Waals surface area (Å²) in [6, 6.07) is 12.1. The van der Waals surface area contributed by atoms with Gasteiger partial charge in [0.2, 0.25) is 0 Å². The molecule has 0 aliphatic carbocycles. The van der Waals surface area contributed by atoms with Crippen molar-refractivity contribution in [2.24, 2.45) is 0 Å². The molecule has 0 unspecified atom stereocenters. The van der Waals surface area contributed by atoms with E-state index in [0.717, 1.165) is 23.4 Å². The van der Waals surface area contributed by atoms with Crippen molar-refractivity contribution in [2.75, 3.05) is 17.6 Å². The Labute approximate surface area is 143 Å². The van der Waals surface area contributed by atoms with Crippen LogP contribution in [0.25, 0.3) is 12.2 Å². The van der Waals surface area contributed by atoms with Gasteiger partial charge in [-0.15, -0.1) is 0 Å². The van der Waals surface area contributed by atoms with Gasteiger partial charge in [0.15, 0.2) is 12.4 Å². The molecule has 0 atom stereocenters. The van der Waals surface area contributed by atoms with Crippen molar-refractivity contribution in [3.63, 3.8) is 0 Å². The Morgan fingerprint density at radius 2 is 1.62 bits per heavy atom. The highest BCUT2D eigenvalue weighted by atomic mass is 32.2. The first-order valence-electron chi connectivity index (χ1n) is 7.91. The van der Waals surface area contributed by atoms with Crippen molar-refractivity contribution < 1.29 is 17.5 Å². The maximum atomic E-state index is 10.6. The van der Waals surface area contributed by atoms with Gasteiger partial charge in [-0.3, -0.25) is 0 Å². The normalized spacial score (nSPS) is 11.8. The lowest BCUT2D eigenvalue weighted by Gasteiger charge is -2.04. The monoisotopic (exact) mass is 346 g/mol. The molecule has 1 N–H and O–H groups in total. The Balaban J connectivity index is 1.90. The van der Waals surface area contributed by atoms with Crippen LogP contribution in [-0.2, 0) is 16.7 Å². The van der Waals surface area contributed by atoms with Crippen LogP contribution in [0.4, 0.5) is 5.69 Å². The van der Waals surface area contributed by atoms with Gasteiger partial charge in [-0.1, -0.05) is 24.3 Å². The Bertz CT molecular complexity index is 767. The molecule has 0 aliphatic rings. The molecule has 5 nitrogen and oxygen atoms in total. The lowest BCUT2D eigenvalue weighted by atomic mass is 10.1. The van der Waals surface area contributed by atoms with E-state index in [1.54, 1.807) is 0 Å². The Kier molecular flexibility index (Phi) is 6.52. The highest BCUT2D eigenvalue weighted by Gasteiger charge is 2.02. The van der Waals surface area contributed by atoms with E-state index in [2.05, 4.69) is 24.4 Å². The van der Waals surface area contributed by atoms with Gasteiger partial charge in [0.1, 0.15) is 6.54 Å². The predicted molar refractivity (Wildman–Crippen MR) is 95.4 cm³/mol. The minimum Gasteiger partial charge on any atom is -0.748 e. The molecule has 24 heavy (non-hydrogen) atoms. The van der Waals surface area contributed by atoms with Gasteiger partial charge in [-0.05, 0) is 30.2 Å². The third-order valence-electron chi connectivity index (χ3n) is 3.49. The Morgan fingerprint density at radius 1 is 1.04 bits per heavy atom. The number of aryl methyl sites for hydroxylation is 1. The summed E-state index contributed by atoms with van der Waals surface area (Å²) in [5, 5.41) is 3.26. The fourth-order valence-electron chi connectivity index (χ4n) is 2.26. The molecule has 1 aromatic carbocycles. The number of rotatable bonds is 8. The Hall–Kier alpha value is -2.18. The average molecular weight is 346 g/mol. The first kappa shape index (κ1) is 18.2. The quantitative estimate of drug-likeness (QED) is 0.589. The van der Waals surface area contributed by atoms with Gasteiger partial charge in [-0.2, -0.15) is 0 Å². The zero-order valence-electron chi connectivity index (χ0n) is 13.7. The third kappa shape index (κ3) is 6.52. The van der Waals surface area contributed by atoms with Crippen LogP contribution >= 0.6 is 0 Å². The molecular formula is C18H22N2O3S. The molecule has 0 radical (unpaired) electrons. The first-order valence-corrected chi connectivity index (χ1v) is 9.49. The van der Waals surface area contributed by atoms with E-state index in [1.807, 2.05) is 53.4 Å². The van der Waals surface area contributed by atoms with Crippen molar-refractivity contribution >= 4 is 28.0 Å². The lowest BCUT2D eigenvalue weighted by molar-refractivity contribution is -0.696. The molecule has 0 aliphatic heterocycles. The lowest BCUT2D eigenvalue weighted by Crippen LogP contribution is -2.33. The molecule has 2 aromatic rings. The van der Waals surface area contributed by atoms with E-state index in [9.17, 15) is 13.0 Å². The predicted octanol–water partition coefficient (Wildman–Crippen LogP) is 2.51. The molecule has 0 amide bonds. The standard InChI is InChI=1S/C18H22N2O3S/c1-2-19-18-8-6-16(7-9-18)4-5-17-10-13-20(14-11-17)12-3-15-24(21,22)23/h4-11,13-14H,2-3,12,15H2,1H3,(H,21,22,23). The number of benzene rings is 1. The summed E-state index contributed by atoms with van der Waals surface area (Å²) < 4.78 is 33.6. The summed E-state index contributed by atoms with van der Waals surface area (Å²) >= 11 is 0. The van der Waals surface area contributed by atoms with Crippen molar-refractivity contribution in [3.05, 3.63) is 59.9 Å². The number of nitrogens with one attached hydrogen (secondary N) is 1. The molecule has 1 heterocycles. The van der Waals surface area contributed by atoms with Crippen molar-refractivity contribution in [3.8, 4) is 0 Å². The summed E-state index contributed by atoms with van der Waals surface area (Å²) in [6.45, 7) is 3.48. The number of aromatic nitrogens is 1. The van der Waals surface area contributed by atoms with Crippen LogP contribution in [-0.4, -0.2) is 25.3 Å². The molecular weight excluding hydrogens is 324 g/mol. The van der Waals surface area contributed by atoms with E-state index in [-0.39, 0.29) is 5.75 Å². The van der Waals surface area contributed by atoms with Gasteiger partial charge in [0.25, 0.3) is 0 Å². The van der Waals surface area contributed by atoms with Crippen LogP contribution in [0.1, 0.15) is 24.5 Å². The maximum absolute atomic E-state index is 10.6. The number of anilines is 1. The molecule has 0 spiro atoms. The van der Waals surface area contributed by atoms with Crippen LogP contribution in [0.5, 0.6) is 0 Å². The van der Waals surface area contributed by atoms with Gasteiger partial charge in [-0.25, -0.2) is 13.0 Å². The van der Waals surface area contributed by atoms with Gasteiger partial charge >= 0.3 is 0 Å². The maximum Gasteiger partial charge on any atom is 0.169 e. The molecule has 6 heteroatoms. The second-order valence-corrected chi connectivity index (χ2v) is 6.99. The second kappa shape index (κ2) is 8.61. The summed E-state index contributed by atoms with van der Waals surface area (Å²) in [5.41, 5.74) is 3.28. The first-order chi connectivity index (χ1) is 11.5. The zero-order valence-corrected chi connectivity index (χ0v) is 14.5. The fraction of sp³-hybridized carbons (Fsp3) is 0.278. The van der Waals surface area contributed by atoms with E-state index in [4.69, 9.17) is 0 Å². The highest BCUT2D eigenvalue weighted by Crippen LogP contribution is 2.12. The van der Waals surface area contributed by atoms with Crippen LogP contribution in [0.3, 0.4) is 0 Å². The molecule has 0 saturated heterocycles. The number of hydrogen-bond acceptors (Lipinski definition) is 4. The van der Waals surface area contributed by atoms with E-state index in [1.165, 1.54) is 0 Å². The molecule has 128 valence electrons. The van der Waals surface area contributed by atoms with Crippen molar-refractivity contribution in [1.82, 2.24) is 0 Å². The van der Waals surface area contributed by atoms with Crippen molar-refractivity contribution in [2.45, 2.75) is 19.9 Å². The molecule has 1 aromatic heterocycles. The highest BCUT2D eigenvalue weighted by molar-refractivity contribution is 7.85. The third-order valence-corrected chi connectivity index (χ3v) is 4.28. The number of hydrogen-bond donors (Lipinski definition) is 1. The summed E-state index contributed by atoms with van der Waals surface area (Å²) in [7, 11) is -4.13. The van der Waals surface area contributed by atoms with Crippen LogP contribution in [0.2, 0.25) is 0 Å². The second-order valence-electron chi connectivity index (χ2n) is 5.47. The van der Waals surface area contributed by atoms with Gasteiger partial charge in [0.05, 0.1) is 10.1 Å². The van der Waals surface area contributed by atoms with Crippen LogP contribution < -0.4 is 9.88 Å². The molecule has 0 bridgehead atoms. The number of nitrogens with zero attached hydrogens (tertiary/aromatic N) is 1. The van der Waals surface area contributed by atoms with E-state index in [0.29, 0.717) is 13.0 Å². The smallest absolute Gasteiger partial charge is 0.169 e. The van der Waals surface area contributed by atoms with Crippen LogP contribution in [0, 0.1) is 0 Å². The van der Waals surface area contributed by atoms with Gasteiger partial charge < -0.3 is 9.87 Å². The molecule has 2 rings (SSSR count). The minimum absolute atomic E-state index is 0.323. The zero-order chi connectivity index (χ0) is 17.4. The SMILES string of the molecule is CCNc1ccc(/C=C/c2cc[n+](CCCS(=O)(=O)[O-])cc2)cc1. The molecule has 0 saturated carbocycles. The fourth-order valence-corrected chi connectivity index (χ4v) is 2.74. The minimum atomic E-state index is -4.13. The Morgan fingerprint density at radius 3 is 2.17 bits per heavy atom. The van der Waals surface area contributed by atoms with Crippen LogP contribution in [0.15, 0.2) is 48.8 Å². The van der Waals surface area contributed by atoms with Crippen molar-refractivity contribution in [1.29, 1.82) is 0 Å². The largest absolute Gasteiger partial charge is 0.748 e. The summed E-state index contributed by atoms with van der Waals surface area (Å²) in [5.74, 6) is -0.329. The topological polar surface area (TPSA) is 73.1 Å². The summed E-state index contributed by atoms with van der Waals surface area (Å²) in [4.78, 5) is 0. The average Bonchev–Trinajstić information content (AvgIpc) is 2.55. The van der Waals surface area contributed by atoms with E-state index < -0.39 is 10.1 Å². The summed E-state index contributed by atoms with van der Waals surface area (Å²) in [6.07, 6.45) is 8.15. The van der Waals surface area contributed by atoms with E-state index >= 15 is 0 Å². The molecule has 0 fully saturated rings.